The van der Waals surface area contributed by atoms with Crippen LogP contribution < -0.4 is 19.8 Å². The topological polar surface area (TPSA) is 111 Å². The van der Waals surface area contributed by atoms with Crippen LogP contribution in [0.1, 0.15) is 23.0 Å². The van der Waals surface area contributed by atoms with Gasteiger partial charge in [-0.3, -0.25) is 9.69 Å². The van der Waals surface area contributed by atoms with E-state index in [1.165, 1.54) is 0 Å². The van der Waals surface area contributed by atoms with Crippen molar-refractivity contribution in [2.24, 2.45) is 0 Å². The van der Waals surface area contributed by atoms with Gasteiger partial charge in [0.15, 0.2) is 17.3 Å². The quantitative estimate of drug-likeness (QED) is 0.432. The van der Waals surface area contributed by atoms with Crippen molar-refractivity contribution in [2.45, 2.75) is 12.6 Å². The second-order valence-electron chi connectivity index (χ2n) is 9.13. The summed E-state index contributed by atoms with van der Waals surface area (Å²) in [5, 5.41) is 13.6. The van der Waals surface area contributed by atoms with Gasteiger partial charge >= 0.3 is 0 Å². The number of hydrogen-bond donors (Lipinski definition) is 1. The van der Waals surface area contributed by atoms with Gasteiger partial charge in [-0.05, 0) is 47.3 Å². The number of rotatable bonds is 6. The highest BCUT2D eigenvalue weighted by atomic mass is 16.7. The van der Waals surface area contributed by atoms with E-state index in [2.05, 4.69) is 37.4 Å². The van der Waals surface area contributed by atoms with E-state index in [4.69, 9.17) is 14.2 Å². The number of hydrogen-bond acceptors (Lipinski definition) is 9. The number of methoxy groups -OCH3 is 1. The number of ether oxygens (including phenoxy) is 3. The van der Waals surface area contributed by atoms with Crippen molar-refractivity contribution >= 4 is 10.9 Å². The van der Waals surface area contributed by atoms with Crippen LogP contribution in [0.3, 0.4) is 0 Å². The number of pyridine rings is 1. The van der Waals surface area contributed by atoms with E-state index in [1.807, 2.05) is 36.4 Å². The van der Waals surface area contributed by atoms with Crippen LogP contribution in [0.2, 0.25) is 0 Å². The lowest BCUT2D eigenvalue weighted by molar-refractivity contribution is 0.121. The summed E-state index contributed by atoms with van der Waals surface area (Å²) in [7, 11) is 3.75. The van der Waals surface area contributed by atoms with Gasteiger partial charge in [0.2, 0.25) is 6.79 Å². The van der Waals surface area contributed by atoms with E-state index in [0.717, 1.165) is 42.9 Å². The maximum atomic E-state index is 13.5. The van der Waals surface area contributed by atoms with Gasteiger partial charge in [0.05, 0.1) is 19.2 Å². The maximum Gasteiger partial charge on any atom is 0.253 e. The van der Waals surface area contributed by atoms with Crippen LogP contribution in [-0.2, 0) is 6.54 Å². The Kier molecular flexibility index (Phi) is 5.78. The zero-order valence-electron chi connectivity index (χ0n) is 20.2. The number of aromatic nitrogens is 5. The van der Waals surface area contributed by atoms with Crippen molar-refractivity contribution < 1.29 is 14.2 Å². The molecule has 2 aliphatic rings. The number of fused-ring (bicyclic) bond motifs is 2. The summed E-state index contributed by atoms with van der Waals surface area (Å²) in [6, 6.07) is 13.0. The minimum atomic E-state index is -0.412. The molecule has 11 heteroatoms. The molecule has 1 fully saturated rings. The number of tetrazole rings is 1. The van der Waals surface area contributed by atoms with Crippen molar-refractivity contribution in [1.82, 2.24) is 35.0 Å². The predicted octanol–water partition coefficient (Wildman–Crippen LogP) is 1.64. The van der Waals surface area contributed by atoms with E-state index >= 15 is 0 Å². The van der Waals surface area contributed by atoms with E-state index in [1.54, 1.807) is 17.9 Å². The van der Waals surface area contributed by atoms with Gasteiger partial charge in [-0.25, -0.2) is 4.68 Å². The Morgan fingerprint density at radius 1 is 1.06 bits per heavy atom. The van der Waals surface area contributed by atoms with Crippen molar-refractivity contribution in [2.75, 3.05) is 47.1 Å². The zero-order chi connectivity index (χ0) is 24.6. The number of H-pyrrole nitrogens is 1. The van der Waals surface area contributed by atoms with Gasteiger partial charge in [0, 0.05) is 43.2 Å². The Morgan fingerprint density at radius 3 is 2.56 bits per heavy atom. The minimum absolute atomic E-state index is 0.173. The molecule has 0 unspecified atom stereocenters. The monoisotopic (exact) mass is 489 g/mol. The van der Waals surface area contributed by atoms with E-state index in [9.17, 15) is 4.79 Å². The second kappa shape index (κ2) is 9.25. The summed E-state index contributed by atoms with van der Waals surface area (Å²) in [6.07, 6.45) is 0. The molecule has 0 spiro atoms. The van der Waals surface area contributed by atoms with Crippen LogP contribution in [0.25, 0.3) is 10.9 Å². The first-order valence-corrected chi connectivity index (χ1v) is 11.9. The normalized spacial score (nSPS) is 16.9. The fourth-order valence-corrected chi connectivity index (χ4v) is 4.82. The highest BCUT2D eigenvalue weighted by molar-refractivity contribution is 5.83. The Balaban J connectivity index is 1.43. The summed E-state index contributed by atoms with van der Waals surface area (Å²) in [5.74, 6) is 2.71. The molecular weight excluding hydrogens is 462 g/mol. The lowest BCUT2D eigenvalue weighted by Gasteiger charge is -2.37. The summed E-state index contributed by atoms with van der Waals surface area (Å²) in [5.41, 5.74) is 2.14. The Morgan fingerprint density at radius 2 is 1.81 bits per heavy atom. The molecule has 1 saturated heterocycles. The van der Waals surface area contributed by atoms with Crippen molar-refractivity contribution in [3.63, 3.8) is 0 Å². The van der Waals surface area contributed by atoms with Crippen LogP contribution in [0.5, 0.6) is 17.2 Å². The van der Waals surface area contributed by atoms with Crippen molar-refractivity contribution in [1.29, 1.82) is 0 Å². The summed E-state index contributed by atoms with van der Waals surface area (Å²) in [4.78, 5) is 21.1. The molecule has 0 bridgehead atoms. The number of piperazine rings is 1. The molecule has 11 nitrogen and oxygen atoms in total. The van der Waals surface area contributed by atoms with Crippen LogP contribution in [0, 0.1) is 0 Å². The van der Waals surface area contributed by atoms with E-state index < -0.39 is 6.04 Å². The van der Waals surface area contributed by atoms with Gasteiger partial charge in [0.1, 0.15) is 11.8 Å². The van der Waals surface area contributed by atoms with Gasteiger partial charge in [-0.1, -0.05) is 12.1 Å². The predicted molar refractivity (Wildman–Crippen MR) is 132 cm³/mol. The molecule has 4 heterocycles. The first-order valence-electron chi connectivity index (χ1n) is 11.9. The fraction of sp³-hybridized carbons (Fsp3) is 0.360. The molecule has 36 heavy (non-hydrogen) atoms. The van der Waals surface area contributed by atoms with Gasteiger partial charge in [-0.2, -0.15) is 0 Å². The molecule has 0 aliphatic carbocycles. The summed E-state index contributed by atoms with van der Waals surface area (Å²) < 4.78 is 18.1. The molecule has 0 amide bonds. The van der Waals surface area contributed by atoms with Crippen LogP contribution >= 0.6 is 0 Å². The number of nitrogens with one attached hydrogen (secondary N) is 1. The molecular formula is C25H27N7O4. The van der Waals surface area contributed by atoms with Gasteiger partial charge in [0.25, 0.3) is 5.56 Å². The largest absolute Gasteiger partial charge is 0.497 e. The molecule has 6 rings (SSSR count). The zero-order valence-corrected chi connectivity index (χ0v) is 20.2. The molecule has 186 valence electrons. The Bertz CT molecular complexity index is 1440. The standard InChI is InChI=1S/C25H27N7O4/c1-30-7-9-31(10-8-30)23(24-27-28-29-32(24)14-16-3-5-18(34-2)6-4-16)19-11-17-12-21-22(36-15-35-21)13-20(17)26-25(19)33/h3-6,11-13,23H,7-10,14-15H2,1-2H3,(H,26,33)/t23-/m0/s1. The van der Waals surface area contributed by atoms with Crippen molar-refractivity contribution in [3.8, 4) is 17.2 Å². The summed E-state index contributed by atoms with van der Waals surface area (Å²) >= 11 is 0. The summed E-state index contributed by atoms with van der Waals surface area (Å²) in [6.45, 7) is 4.00. The number of benzene rings is 2. The SMILES string of the molecule is COc1ccc(Cn2nnnc2[C@H](c2cc3cc4c(cc3[nH]c2=O)OCO4)N2CCN(C)CC2)cc1. The molecule has 1 N–H and O–H groups in total. The third-order valence-corrected chi connectivity index (χ3v) is 6.86. The molecule has 2 aromatic heterocycles. The molecule has 4 aromatic rings. The number of aromatic amines is 1. The smallest absolute Gasteiger partial charge is 0.253 e. The van der Waals surface area contributed by atoms with Crippen LogP contribution in [-0.4, -0.2) is 82.1 Å². The molecule has 0 saturated carbocycles. The van der Waals surface area contributed by atoms with Crippen LogP contribution in [0.4, 0.5) is 0 Å². The van der Waals surface area contributed by atoms with E-state index in [-0.39, 0.29) is 12.4 Å². The molecule has 2 aliphatic heterocycles. The van der Waals surface area contributed by atoms with Gasteiger partial charge < -0.3 is 24.1 Å². The first-order chi connectivity index (χ1) is 17.6. The number of nitrogens with zero attached hydrogens (tertiary/aromatic N) is 6. The third-order valence-electron chi connectivity index (χ3n) is 6.86. The molecule has 2 aromatic carbocycles. The Hall–Kier alpha value is -3.96. The second-order valence-corrected chi connectivity index (χ2v) is 9.13. The lowest BCUT2D eigenvalue weighted by Crippen LogP contribution is -2.47. The number of likely N-dealkylation sites (N-methyl/N-ethyl adjacent to an activating group) is 1. The third kappa shape index (κ3) is 4.16. The van der Waals surface area contributed by atoms with E-state index in [0.29, 0.717) is 34.9 Å². The van der Waals surface area contributed by atoms with Crippen molar-refractivity contribution in [3.05, 3.63) is 69.8 Å². The molecule has 1 atom stereocenters. The minimum Gasteiger partial charge on any atom is -0.497 e. The average molecular weight is 490 g/mol. The maximum absolute atomic E-state index is 13.5. The fourth-order valence-electron chi connectivity index (χ4n) is 4.82. The Labute approximate surface area is 207 Å². The lowest BCUT2D eigenvalue weighted by atomic mass is 10.0. The average Bonchev–Trinajstić information content (AvgIpc) is 3.54. The van der Waals surface area contributed by atoms with Gasteiger partial charge in [-0.15, -0.1) is 5.10 Å². The highest BCUT2D eigenvalue weighted by Gasteiger charge is 2.32. The molecule has 0 radical (unpaired) electrons. The highest BCUT2D eigenvalue weighted by Crippen LogP contribution is 2.36. The first kappa shape index (κ1) is 22.5. The van der Waals surface area contributed by atoms with Crippen LogP contribution in [0.15, 0.2) is 47.3 Å².